The minimum Gasteiger partial charge on any atom is -0.326 e. The zero-order valence-electron chi connectivity index (χ0n) is 12.5. The first-order chi connectivity index (χ1) is 11.1. The van der Waals surface area contributed by atoms with Gasteiger partial charge in [-0.25, -0.2) is 0 Å². The summed E-state index contributed by atoms with van der Waals surface area (Å²) in [5.41, 5.74) is -0.552. The van der Waals surface area contributed by atoms with E-state index in [0.717, 1.165) is 7.05 Å². The lowest BCUT2D eigenvalue weighted by Crippen LogP contribution is -2.13. The van der Waals surface area contributed by atoms with Crippen molar-refractivity contribution >= 4 is 39.1 Å². The van der Waals surface area contributed by atoms with Crippen LogP contribution < -0.4 is 10.6 Å². The van der Waals surface area contributed by atoms with Crippen LogP contribution in [-0.4, -0.2) is 21.6 Å². The van der Waals surface area contributed by atoms with E-state index < -0.39 is 22.3 Å². The molecule has 0 saturated carbocycles. The number of aromatic nitrogens is 2. The van der Waals surface area contributed by atoms with Gasteiger partial charge in [0.05, 0.1) is 4.47 Å². The van der Waals surface area contributed by atoms with Crippen molar-refractivity contribution in [1.29, 1.82) is 0 Å². The number of hydrogen-bond acceptors (Lipinski definition) is 3. The molecule has 2 rings (SSSR count). The first-order valence-electron chi connectivity index (χ1n) is 6.58. The van der Waals surface area contributed by atoms with Crippen LogP contribution in [0.15, 0.2) is 28.7 Å². The molecule has 6 nitrogen and oxygen atoms in total. The average molecular weight is 405 g/mol. The van der Waals surface area contributed by atoms with Gasteiger partial charge in [-0.3, -0.25) is 14.3 Å². The highest BCUT2D eigenvalue weighted by atomic mass is 79.9. The molecule has 0 radical (unpaired) electrons. The molecule has 0 bridgehead atoms. The standard InChI is InChI=1S/C14H12BrF3N4O2/c1-7(23)19-8-3-5-9(6-4-8)20-13(24)11-10(15)12(14(16,17)18)22(2)21-11/h3-6H,1-2H3,(H,19,23)(H,20,24). The van der Waals surface area contributed by atoms with Crippen LogP contribution in [0.2, 0.25) is 0 Å². The normalized spacial score (nSPS) is 11.2. The van der Waals surface area contributed by atoms with Gasteiger partial charge in [-0.15, -0.1) is 0 Å². The molecule has 24 heavy (non-hydrogen) atoms. The Balaban J connectivity index is 2.20. The second-order valence-corrected chi connectivity index (χ2v) is 5.64. The minimum absolute atomic E-state index is 0.246. The quantitative estimate of drug-likeness (QED) is 0.822. The number of aryl methyl sites for hydroxylation is 1. The van der Waals surface area contributed by atoms with Crippen LogP contribution >= 0.6 is 15.9 Å². The first-order valence-corrected chi connectivity index (χ1v) is 7.37. The fourth-order valence-electron chi connectivity index (χ4n) is 1.98. The Hall–Kier alpha value is -2.36. The molecule has 0 fully saturated rings. The molecular weight excluding hydrogens is 393 g/mol. The number of benzene rings is 1. The highest BCUT2D eigenvalue weighted by molar-refractivity contribution is 9.10. The van der Waals surface area contributed by atoms with Gasteiger partial charge in [-0.05, 0) is 40.2 Å². The lowest BCUT2D eigenvalue weighted by Gasteiger charge is -2.07. The van der Waals surface area contributed by atoms with Crippen molar-refractivity contribution in [3.63, 3.8) is 0 Å². The molecule has 0 aliphatic carbocycles. The van der Waals surface area contributed by atoms with Gasteiger partial charge in [0.2, 0.25) is 5.91 Å². The predicted octanol–water partition coefficient (Wildman–Crippen LogP) is 3.41. The SMILES string of the molecule is CC(=O)Nc1ccc(NC(=O)c2nn(C)c(C(F)(F)F)c2Br)cc1. The van der Waals surface area contributed by atoms with E-state index in [0.29, 0.717) is 16.1 Å². The molecule has 0 unspecified atom stereocenters. The van der Waals surface area contributed by atoms with Crippen molar-refractivity contribution in [2.45, 2.75) is 13.1 Å². The molecule has 0 atom stereocenters. The summed E-state index contributed by atoms with van der Waals surface area (Å²) in [6.45, 7) is 1.35. The second kappa shape index (κ2) is 6.63. The van der Waals surface area contributed by atoms with E-state index in [1.54, 1.807) is 12.1 Å². The fraction of sp³-hybridized carbons (Fsp3) is 0.214. The average Bonchev–Trinajstić information content (AvgIpc) is 2.75. The number of carbonyl (C=O) groups is 2. The van der Waals surface area contributed by atoms with Crippen molar-refractivity contribution in [3.05, 3.63) is 40.1 Å². The highest BCUT2D eigenvalue weighted by Crippen LogP contribution is 2.36. The summed E-state index contributed by atoms with van der Waals surface area (Å²) in [6.07, 6.45) is -4.64. The molecule has 2 amide bonds. The Kier molecular flexibility index (Phi) is 4.97. The number of nitrogens with one attached hydrogen (secondary N) is 2. The van der Waals surface area contributed by atoms with Crippen LogP contribution in [-0.2, 0) is 18.0 Å². The Morgan fingerprint density at radius 1 is 1.12 bits per heavy atom. The number of amides is 2. The third-order valence-electron chi connectivity index (χ3n) is 2.94. The smallest absolute Gasteiger partial charge is 0.326 e. The summed E-state index contributed by atoms with van der Waals surface area (Å²) in [4.78, 5) is 23.1. The lowest BCUT2D eigenvalue weighted by molar-refractivity contribution is -0.144. The Morgan fingerprint density at radius 3 is 2.04 bits per heavy atom. The maximum absolute atomic E-state index is 12.9. The van der Waals surface area contributed by atoms with Gasteiger partial charge in [0.15, 0.2) is 11.4 Å². The van der Waals surface area contributed by atoms with E-state index in [-0.39, 0.29) is 11.6 Å². The summed E-state index contributed by atoms with van der Waals surface area (Å²) in [5, 5.41) is 8.61. The monoisotopic (exact) mass is 404 g/mol. The lowest BCUT2D eigenvalue weighted by atomic mass is 10.2. The van der Waals surface area contributed by atoms with E-state index in [9.17, 15) is 22.8 Å². The van der Waals surface area contributed by atoms with E-state index in [1.807, 2.05) is 0 Å². The number of anilines is 2. The predicted molar refractivity (Wildman–Crippen MR) is 84.6 cm³/mol. The van der Waals surface area contributed by atoms with Gasteiger partial charge in [0.25, 0.3) is 5.91 Å². The minimum atomic E-state index is -4.64. The van der Waals surface area contributed by atoms with Crippen molar-refractivity contribution in [3.8, 4) is 0 Å². The van der Waals surface area contributed by atoms with Crippen LogP contribution in [0.5, 0.6) is 0 Å². The summed E-state index contributed by atoms with van der Waals surface area (Å²) in [6, 6.07) is 6.10. The molecule has 128 valence electrons. The highest BCUT2D eigenvalue weighted by Gasteiger charge is 2.39. The largest absolute Gasteiger partial charge is 0.434 e. The van der Waals surface area contributed by atoms with Gasteiger partial charge in [0, 0.05) is 25.3 Å². The molecule has 0 aliphatic heterocycles. The van der Waals surface area contributed by atoms with Crippen LogP contribution in [0.3, 0.4) is 0 Å². The van der Waals surface area contributed by atoms with Crippen molar-refractivity contribution in [1.82, 2.24) is 9.78 Å². The zero-order valence-corrected chi connectivity index (χ0v) is 14.1. The fourth-order valence-corrected chi connectivity index (χ4v) is 2.72. The van der Waals surface area contributed by atoms with E-state index in [1.165, 1.54) is 19.1 Å². The van der Waals surface area contributed by atoms with Crippen molar-refractivity contribution in [2.75, 3.05) is 10.6 Å². The summed E-state index contributed by atoms with van der Waals surface area (Å²) < 4.78 is 38.9. The number of rotatable bonds is 3. The van der Waals surface area contributed by atoms with Crippen molar-refractivity contribution in [2.24, 2.45) is 7.05 Å². The van der Waals surface area contributed by atoms with Crippen molar-refractivity contribution < 1.29 is 22.8 Å². The third-order valence-corrected chi connectivity index (χ3v) is 3.69. The van der Waals surface area contributed by atoms with E-state index in [4.69, 9.17) is 0 Å². The first kappa shape index (κ1) is 18.0. The second-order valence-electron chi connectivity index (χ2n) is 4.85. The van der Waals surface area contributed by atoms with Crippen LogP contribution in [0.1, 0.15) is 23.1 Å². The van der Waals surface area contributed by atoms with Gasteiger partial charge in [-0.2, -0.15) is 18.3 Å². The molecule has 2 N–H and O–H groups in total. The Bertz CT molecular complexity index is 785. The van der Waals surface area contributed by atoms with Crippen LogP contribution in [0, 0.1) is 0 Å². The van der Waals surface area contributed by atoms with Gasteiger partial charge in [-0.1, -0.05) is 0 Å². The Labute approximate surface area is 143 Å². The number of hydrogen-bond donors (Lipinski definition) is 2. The van der Waals surface area contributed by atoms with E-state index >= 15 is 0 Å². The Morgan fingerprint density at radius 2 is 1.62 bits per heavy atom. The zero-order chi connectivity index (χ0) is 18.1. The maximum Gasteiger partial charge on any atom is 0.434 e. The molecule has 0 aliphatic rings. The molecule has 0 spiro atoms. The molecule has 2 aromatic rings. The van der Waals surface area contributed by atoms with Crippen LogP contribution in [0.25, 0.3) is 0 Å². The molecular formula is C14H12BrF3N4O2. The van der Waals surface area contributed by atoms with E-state index in [2.05, 4.69) is 31.7 Å². The summed E-state index contributed by atoms with van der Waals surface area (Å²) in [5.74, 6) is -1.04. The number of carbonyl (C=O) groups excluding carboxylic acids is 2. The van der Waals surface area contributed by atoms with Crippen LogP contribution in [0.4, 0.5) is 24.5 Å². The molecule has 1 heterocycles. The number of nitrogens with zero attached hydrogens (tertiary/aromatic N) is 2. The molecule has 1 aromatic heterocycles. The number of alkyl halides is 3. The number of halogens is 4. The summed E-state index contributed by atoms with van der Waals surface area (Å²) in [7, 11) is 1.10. The molecule has 1 aromatic carbocycles. The third kappa shape index (κ3) is 3.94. The molecule has 10 heteroatoms. The maximum atomic E-state index is 12.9. The van der Waals surface area contributed by atoms with Gasteiger partial charge >= 0.3 is 6.18 Å². The topological polar surface area (TPSA) is 76.0 Å². The summed E-state index contributed by atoms with van der Waals surface area (Å²) >= 11 is 2.78. The molecule has 0 saturated heterocycles. The van der Waals surface area contributed by atoms with Gasteiger partial charge < -0.3 is 10.6 Å². The van der Waals surface area contributed by atoms with Gasteiger partial charge in [0.1, 0.15) is 0 Å².